The third-order valence-electron chi connectivity index (χ3n) is 2.30. The van der Waals surface area contributed by atoms with Gasteiger partial charge < -0.3 is 5.73 Å². The molecule has 2 rings (SSSR count). The molecule has 0 fully saturated rings. The highest BCUT2D eigenvalue weighted by Gasteiger charge is 2.06. The zero-order chi connectivity index (χ0) is 10.7. The molecule has 78 valence electrons. The number of nitrogens with one attached hydrogen (secondary N) is 1. The van der Waals surface area contributed by atoms with Crippen LogP contribution in [0.4, 0.5) is 0 Å². The van der Waals surface area contributed by atoms with Gasteiger partial charge in [0.25, 0.3) is 0 Å². The Bertz CT molecular complexity index is 447. The van der Waals surface area contributed by atoms with Gasteiger partial charge in [-0.3, -0.25) is 5.10 Å². The Morgan fingerprint density at radius 2 is 2.13 bits per heavy atom. The van der Waals surface area contributed by atoms with Crippen molar-refractivity contribution in [2.45, 2.75) is 13.3 Å². The Labute approximate surface area is 88.5 Å². The molecule has 3 N–H and O–H groups in total. The molecule has 0 aliphatic heterocycles. The smallest absolute Gasteiger partial charge is 0.181 e. The van der Waals surface area contributed by atoms with E-state index >= 15 is 0 Å². The Morgan fingerprint density at radius 1 is 1.33 bits per heavy atom. The van der Waals surface area contributed by atoms with Gasteiger partial charge >= 0.3 is 0 Å². The van der Waals surface area contributed by atoms with Gasteiger partial charge in [0.1, 0.15) is 5.82 Å². The van der Waals surface area contributed by atoms with Crippen molar-refractivity contribution in [2.75, 3.05) is 6.54 Å². The van der Waals surface area contributed by atoms with Gasteiger partial charge in [0, 0.05) is 12.0 Å². The number of H-pyrrole nitrogens is 1. The second-order valence-corrected chi connectivity index (χ2v) is 3.46. The number of hydrogen-bond acceptors (Lipinski definition) is 3. The molecule has 0 unspecified atom stereocenters. The van der Waals surface area contributed by atoms with Crippen LogP contribution < -0.4 is 5.73 Å². The average Bonchev–Trinajstić information content (AvgIpc) is 2.68. The quantitative estimate of drug-likeness (QED) is 0.787. The van der Waals surface area contributed by atoms with Crippen LogP contribution in [0.3, 0.4) is 0 Å². The maximum Gasteiger partial charge on any atom is 0.181 e. The summed E-state index contributed by atoms with van der Waals surface area (Å²) in [6.07, 6.45) is 0.735. The molecule has 0 saturated carbocycles. The summed E-state index contributed by atoms with van der Waals surface area (Å²) in [4.78, 5) is 4.38. The second kappa shape index (κ2) is 4.23. The van der Waals surface area contributed by atoms with Crippen LogP contribution in [0.15, 0.2) is 24.3 Å². The highest BCUT2D eigenvalue weighted by Crippen LogP contribution is 2.18. The molecule has 4 nitrogen and oxygen atoms in total. The van der Waals surface area contributed by atoms with Gasteiger partial charge in [-0.15, -0.1) is 0 Å². The number of rotatable bonds is 3. The summed E-state index contributed by atoms with van der Waals surface area (Å²) < 4.78 is 0. The largest absolute Gasteiger partial charge is 0.330 e. The van der Waals surface area contributed by atoms with E-state index in [9.17, 15) is 0 Å². The van der Waals surface area contributed by atoms with Crippen molar-refractivity contribution in [2.24, 2.45) is 5.73 Å². The molecule has 1 aromatic heterocycles. The fourth-order valence-corrected chi connectivity index (χ4v) is 1.49. The van der Waals surface area contributed by atoms with E-state index in [1.165, 1.54) is 5.56 Å². The molecular weight excluding hydrogens is 188 g/mol. The molecule has 0 bridgehead atoms. The van der Waals surface area contributed by atoms with Gasteiger partial charge in [0.2, 0.25) is 0 Å². The minimum atomic E-state index is 0.586. The zero-order valence-electron chi connectivity index (χ0n) is 8.70. The van der Waals surface area contributed by atoms with E-state index in [2.05, 4.69) is 15.2 Å². The van der Waals surface area contributed by atoms with Gasteiger partial charge in [-0.2, -0.15) is 5.10 Å². The fraction of sp³-hybridized carbons (Fsp3) is 0.273. The lowest BCUT2D eigenvalue weighted by Gasteiger charge is -1.98. The van der Waals surface area contributed by atoms with Gasteiger partial charge in [-0.25, -0.2) is 4.98 Å². The summed E-state index contributed by atoms with van der Waals surface area (Å²) in [6, 6.07) is 8.06. The van der Waals surface area contributed by atoms with Crippen LogP contribution in [-0.4, -0.2) is 21.7 Å². The minimum Gasteiger partial charge on any atom is -0.330 e. The zero-order valence-corrected chi connectivity index (χ0v) is 8.70. The highest BCUT2D eigenvalue weighted by atomic mass is 15.2. The van der Waals surface area contributed by atoms with Gasteiger partial charge in [-0.1, -0.05) is 24.3 Å². The first kappa shape index (κ1) is 9.86. The summed E-state index contributed by atoms with van der Waals surface area (Å²) in [5, 5.41) is 7.07. The number of hydrogen-bond donors (Lipinski definition) is 2. The van der Waals surface area contributed by atoms with E-state index in [1.807, 2.05) is 31.2 Å². The normalized spacial score (nSPS) is 10.5. The molecule has 15 heavy (non-hydrogen) atoms. The number of aryl methyl sites for hydroxylation is 1. The first-order chi connectivity index (χ1) is 7.31. The lowest BCUT2D eigenvalue weighted by molar-refractivity contribution is 0.874. The number of nitrogens with two attached hydrogens (primary N) is 1. The number of benzene rings is 1. The first-order valence-corrected chi connectivity index (χ1v) is 4.98. The molecular formula is C11H14N4. The predicted octanol–water partition coefficient (Wildman–Crippen LogP) is 1.28. The van der Waals surface area contributed by atoms with E-state index in [0.717, 1.165) is 23.6 Å². The molecule has 4 heteroatoms. The van der Waals surface area contributed by atoms with Crippen LogP contribution in [0.5, 0.6) is 0 Å². The van der Waals surface area contributed by atoms with Crippen molar-refractivity contribution >= 4 is 0 Å². The van der Waals surface area contributed by atoms with Crippen LogP contribution >= 0.6 is 0 Å². The van der Waals surface area contributed by atoms with Crippen molar-refractivity contribution in [3.05, 3.63) is 35.7 Å². The molecule has 0 aliphatic carbocycles. The first-order valence-electron chi connectivity index (χ1n) is 4.98. The molecule has 0 saturated heterocycles. The standard InChI is InChI=1S/C11H14N4/c1-8-4-2-3-5-9(8)11-13-10(6-7-12)14-15-11/h2-5H,6-7,12H2,1H3,(H,13,14,15). The summed E-state index contributed by atoms with van der Waals surface area (Å²) in [5.74, 6) is 1.59. The van der Waals surface area contributed by atoms with Crippen LogP contribution in [0.1, 0.15) is 11.4 Å². The van der Waals surface area contributed by atoms with Crippen molar-refractivity contribution in [3.8, 4) is 11.4 Å². The highest BCUT2D eigenvalue weighted by molar-refractivity contribution is 5.59. The van der Waals surface area contributed by atoms with Crippen molar-refractivity contribution in [1.29, 1.82) is 0 Å². The van der Waals surface area contributed by atoms with E-state index in [-0.39, 0.29) is 0 Å². The Kier molecular flexibility index (Phi) is 2.78. The maximum atomic E-state index is 5.45. The van der Waals surface area contributed by atoms with E-state index in [4.69, 9.17) is 5.73 Å². The van der Waals surface area contributed by atoms with Gasteiger partial charge in [0.05, 0.1) is 0 Å². The van der Waals surface area contributed by atoms with E-state index in [1.54, 1.807) is 0 Å². The van der Waals surface area contributed by atoms with Gasteiger partial charge in [-0.05, 0) is 19.0 Å². The number of nitrogens with zero attached hydrogens (tertiary/aromatic N) is 2. The Morgan fingerprint density at radius 3 is 2.87 bits per heavy atom. The monoisotopic (exact) mass is 202 g/mol. The summed E-state index contributed by atoms with van der Waals surface area (Å²) in [6.45, 7) is 2.64. The van der Waals surface area contributed by atoms with Crippen LogP contribution in [0.2, 0.25) is 0 Å². The topological polar surface area (TPSA) is 67.6 Å². The third kappa shape index (κ3) is 2.05. The van der Waals surface area contributed by atoms with Crippen molar-refractivity contribution in [3.63, 3.8) is 0 Å². The fourth-order valence-electron chi connectivity index (χ4n) is 1.49. The van der Waals surface area contributed by atoms with Gasteiger partial charge in [0.15, 0.2) is 5.82 Å². The van der Waals surface area contributed by atoms with Crippen LogP contribution in [0, 0.1) is 6.92 Å². The predicted molar refractivity (Wildman–Crippen MR) is 59.3 cm³/mol. The van der Waals surface area contributed by atoms with Crippen molar-refractivity contribution in [1.82, 2.24) is 15.2 Å². The molecule has 2 aromatic rings. The summed E-state index contributed by atoms with van der Waals surface area (Å²) in [5.41, 5.74) is 7.69. The third-order valence-corrected chi connectivity index (χ3v) is 2.30. The molecule has 0 spiro atoms. The van der Waals surface area contributed by atoms with Crippen LogP contribution in [0.25, 0.3) is 11.4 Å². The number of aromatic nitrogens is 3. The Balaban J connectivity index is 2.33. The lowest BCUT2D eigenvalue weighted by atomic mass is 10.1. The summed E-state index contributed by atoms with van der Waals surface area (Å²) in [7, 11) is 0. The minimum absolute atomic E-state index is 0.586. The van der Waals surface area contributed by atoms with E-state index in [0.29, 0.717) is 6.54 Å². The van der Waals surface area contributed by atoms with E-state index < -0.39 is 0 Å². The molecule has 0 radical (unpaired) electrons. The summed E-state index contributed by atoms with van der Waals surface area (Å²) >= 11 is 0. The molecule has 1 aromatic carbocycles. The molecule has 0 atom stereocenters. The lowest BCUT2D eigenvalue weighted by Crippen LogP contribution is -2.03. The SMILES string of the molecule is Cc1ccccc1-c1n[nH]c(CCN)n1. The van der Waals surface area contributed by atoms with Crippen LogP contribution in [-0.2, 0) is 6.42 Å². The average molecular weight is 202 g/mol. The molecule has 1 heterocycles. The second-order valence-electron chi connectivity index (χ2n) is 3.46. The number of aromatic amines is 1. The maximum absolute atomic E-state index is 5.45. The van der Waals surface area contributed by atoms with Crippen molar-refractivity contribution < 1.29 is 0 Å². The molecule has 0 amide bonds. The molecule has 0 aliphatic rings. The Hall–Kier alpha value is -1.68.